The minimum Gasteiger partial charge on any atom is -0.496 e. The predicted octanol–water partition coefficient (Wildman–Crippen LogP) is 2.79. The Labute approximate surface area is 101 Å². The highest BCUT2D eigenvalue weighted by Crippen LogP contribution is 2.23. The molecule has 0 radical (unpaired) electrons. The Kier molecular flexibility index (Phi) is 3.04. The molecule has 1 N–H and O–H groups in total. The van der Waals surface area contributed by atoms with Crippen molar-refractivity contribution in [3.8, 4) is 5.75 Å². The Morgan fingerprint density at radius 1 is 1.29 bits per heavy atom. The van der Waals surface area contributed by atoms with E-state index in [4.69, 9.17) is 4.74 Å². The van der Waals surface area contributed by atoms with E-state index in [0.717, 1.165) is 28.6 Å². The Morgan fingerprint density at radius 2 is 2.06 bits per heavy atom. The Balaban J connectivity index is 2.24. The van der Waals surface area contributed by atoms with Crippen LogP contribution in [0.25, 0.3) is 0 Å². The van der Waals surface area contributed by atoms with Gasteiger partial charge in [0.1, 0.15) is 5.75 Å². The molecule has 0 saturated heterocycles. The summed E-state index contributed by atoms with van der Waals surface area (Å²) < 4.78 is 7.20. The fourth-order valence-electron chi connectivity index (χ4n) is 1.82. The van der Waals surface area contributed by atoms with Crippen molar-refractivity contribution in [3.63, 3.8) is 0 Å². The van der Waals surface area contributed by atoms with E-state index in [9.17, 15) is 0 Å². The second-order valence-electron chi connectivity index (χ2n) is 4.13. The van der Waals surface area contributed by atoms with E-state index < -0.39 is 0 Å². The van der Waals surface area contributed by atoms with Crippen LogP contribution in [0.15, 0.2) is 24.4 Å². The maximum atomic E-state index is 5.23. The molecule has 17 heavy (non-hydrogen) atoms. The van der Waals surface area contributed by atoms with Crippen LogP contribution in [0.3, 0.4) is 0 Å². The number of aryl methyl sites for hydroxylation is 3. The van der Waals surface area contributed by atoms with E-state index in [-0.39, 0.29) is 0 Å². The average Bonchev–Trinajstić information content (AvgIpc) is 2.58. The van der Waals surface area contributed by atoms with Crippen molar-refractivity contribution >= 4 is 11.6 Å². The molecule has 1 heterocycles. The molecule has 0 amide bonds. The Bertz CT molecular complexity index is 531. The third kappa shape index (κ3) is 2.41. The zero-order valence-electron chi connectivity index (χ0n) is 10.6. The largest absolute Gasteiger partial charge is 0.496 e. The van der Waals surface area contributed by atoms with Crippen LogP contribution >= 0.6 is 0 Å². The molecule has 0 atom stereocenters. The molecule has 4 nitrogen and oxygen atoms in total. The first kappa shape index (κ1) is 11.5. The Morgan fingerprint density at radius 3 is 2.59 bits per heavy atom. The highest BCUT2D eigenvalue weighted by atomic mass is 16.5. The number of aromatic nitrogens is 2. The van der Waals surface area contributed by atoms with Gasteiger partial charge in [-0.2, -0.15) is 0 Å². The summed E-state index contributed by atoms with van der Waals surface area (Å²) in [4.78, 5) is 4.40. The number of anilines is 2. The lowest BCUT2D eigenvalue weighted by molar-refractivity contribution is 0.412. The molecular weight excluding hydrogens is 214 g/mol. The number of benzene rings is 1. The zero-order valence-corrected chi connectivity index (χ0v) is 10.6. The first-order chi connectivity index (χ1) is 8.10. The van der Waals surface area contributed by atoms with E-state index in [1.807, 2.05) is 49.9 Å². The highest BCUT2D eigenvalue weighted by molar-refractivity contribution is 5.57. The molecule has 2 rings (SSSR count). The number of methoxy groups -OCH3 is 1. The van der Waals surface area contributed by atoms with Gasteiger partial charge in [0.25, 0.3) is 0 Å². The highest BCUT2D eigenvalue weighted by Gasteiger charge is 2.04. The third-order valence-electron chi connectivity index (χ3n) is 2.65. The van der Waals surface area contributed by atoms with Gasteiger partial charge in [0.05, 0.1) is 12.8 Å². The van der Waals surface area contributed by atoms with Crippen molar-refractivity contribution in [1.29, 1.82) is 0 Å². The fraction of sp³-hybridized carbons (Fsp3) is 0.308. The van der Waals surface area contributed by atoms with Gasteiger partial charge in [-0.25, -0.2) is 4.98 Å². The first-order valence-corrected chi connectivity index (χ1v) is 5.52. The topological polar surface area (TPSA) is 39.1 Å². The number of nitrogens with one attached hydrogen (secondary N) is 1. The van der Waals surface area contributed by atoms with Crippen molar-refractivity contribution in [2.45, 2.75) is 13.8 Å². The lowest BCUT2D eigenvalue weighted by Crippen LogP contribution is -1.99. The van der Waals surface area contributed by atoms with Crippen LogP contribution in [-0.4, -0.2) is 16.7 Å². The number of hydrogen-bond donors (Lipinski definition) is 1. The maximum Gasteiger partial charge on any atom is 0.207 e. The molecule has 0 saturated carbocycles. The SMILES string of the molecule is COc1ccc(Nc2nc(C)cn2C)cc1C. The van der Waals surface area contributed by atoms with Crippen LogP contribution in [0.1, 0.15) is 11.3 Å². The molecule has 4 heteroatoms. The normalized spacial score (nSPS) is 10.4. The fourth-order valence-corrected chi connectivity index (χ4v) is 1.82. The summed E-state index contributed by atoms with van der Waals surface area (Å²) in [6.07, 6.45) is 1.98. The van der Waals surface area contributed by atoms with E-state index in [1.54, 1.807) is 7.11 Å². The van der Waals surface area contributed by atoms with Crippen LogP contribution in [0.4, 0.5) is 11.6 Å². The molecule has 0 fully saturated rings. The molecule has 0 unspecified atom stereocenters. The third-order valence-corrected chi connectivity index (χ3v) is 2.65. The van der Waals surface area contributed by atoms with Crippen LogP contribution in [-0.2, 0) is 7.05 Å². The number of hydrogen-bond acceptors (Lipinski definition) is 3. The molecule has 0 aliphatic rings. The van der Waals surface area contributed by atoms with Crippen LogP contribution in [0.5, 0.6) is 5.75 Å². The van der Waals surface area contributed by atoms with E-state index in [1.165, 1.54) is 0 Å². The summed E-state index contributed by atoms with van der Waals surface area (Å²) in [6.45, 7) is 4.00. The van der Waals surface area contributed by atoms with Crippen molar-refractivity contribution in [2.24, 2.45) is 7.05 Å². The van der Waals surface area contributed by atoms with Crippen molar-refractivity contribution < 1.29 is 4.74 Å². The van der Waals surface area contributed by atoms with Gasteiger partial charge >= 0.3 is 0 Å². The second kappa shape index (κ2) is 4.49. The molecular formula is C13H17N3O. The summed E-state index contributed by atoms with van der Waals surface area (Å²) in [6, 6.07) is 5.98. The van der Waals surface area contributed by atoms with Gasteiger partial charge in [0.15, 0.2) is 0 Å². The average molecular weight is 231 g/mol. The molecule has 0 spiro atoms. The van der Waals surface area contributed by atoms with Crippen LogP contribution in [0, 0.1) is 13.8 Å². The van der Waals surface area contributed by atoms with Gasteiger partial charge in [-0.3, -0.25) is 0 Å². The second-order valence-corrected chi connectivity index (χ2v) is 4.13. The Hall–Kier alpha value is -1.97. The number of rotatable bonds is 3. The molecule has 2 aromatic rings. The zero-order chi connectivity index (χ0) is 12.4. The van der Waals surface area contributed by atoms with Crippen molar-refractivity contribution in [1.82, 2.24) is 9.55 Å². The predicted molar refractivity (Wildman–Crippen MR) is 69.0 cm³/mol. The van der Waals surface area contributed by atoms with E-state index in [0.29, 0.717) is 0 Å². The lowest BCUT2D eigenvalue weighted by atomic mass is 10.2. The van der Waals surface area contributed by atoms with Gasteiger partial charge in [-0.15, -0.1) is 0 Å². The smallest absolute Gasteiger partial charge is 0.207 e. The number of ether oxygens (including phenoxy) is 1. The molecule has 0 aliphatic heterocycles. The molecule has 1 aromatic heterocycles. The van der Waals surface area contributed by atoms with Crippen molar-refractivity contribution in [3.05, 3.63) is 35.7 Å². The van der Waals surface area contributed by atoms with Gasteiger partial charge < -0.3 is 14.6 Å². The van der Waals surface area contributed by atoms with Gasteiger partial charge in [-0.1, -0.05) is 0 Å². The van der Waals surface area contributed by atoms with Crippen LogP contribution < -0.4 is 10.1 Å². The summed E-state index contributed by atoms with van der Waals surface area (Å²) >= 11 is 0. The van der Waals surface area contributed by atoms with Gasteiger partial charge in [0.2, 0.25) is 5.95 Å². The van der Waals surface area contributed by atoms with Gasteiger partial charge in [-0.05, 0) is 37.6 Å². The van der Waals surface area contributed by atoms with E-state index >= 15 is 0 Å². The maximum absolute atomic E-state index is 5.23. The van der Waals surface area contributed by atoms with Crippen molar-refractivity contribution in [2.75, 3.05) is 12.4 Å². The standard InChI is InChI=1S/C13H17N3O/c1-9-7-11(5-6-12(9)17-4)15-13-14-10(2)8-16(13)3/h5-8H,1-4H3,(H,14,15). The molecule has 0 bridgehead atoms. The number of imidazole rings is 1. The van der Waals surface area contributed by atoms with Crippen LogP contribution in [0.2, 0.25) is 0 Å². The lowest BCUT2D eigenvalue weighted by Gasteiger charge is -2.09. The molecule has 0 aliphatic carbocycles. The molecule has 1 aromatic carbocycles. The summed E-state index contributed by atoms with van der Waals surface area (Å²) in [5.74, 6) is 1.73. The minimum atomic E-state index is 0.840. The summed E-state index contributed by atoms with van der Waals surface area (Å²) in [5.41, 5.74) is 3.11. The number of nitrogens with zero attached hydrogens (tertiary/aromatic N) is 2. The first-order valence-electron chi connectivity index (χ1n) is 5.52. The summed E-state index contributed by atoms with van der Waals surface area (Å²) in [5, 5.41) is 3.28. The van der Waals surface area contributed by atoms with Gasteiger partial charge in [0, 0.05) is 18.9 Å². The minimum absolute atomic E-state index is 0.840. The quantitative estimate of drug-likeness (QED) is 0.882. The molecule has 90 valence electrons. The summed E-state index contributed by atoms with van der Waals surface area (Å²) in [7, 11) is 3.65. The monoisotopic (exact) mass is 231 g/mol. The van der Waals surface area contributed by atoms with E-state index in [2.05, 4.69) is 10.3 Å².